The maximum absolute atomic E-state index is 12.8. The highest BCUT2D eigenvalue weighted by Gasteiger charge is 2.21. The predicted octanol–water partition coefficient (Wildman–Crippen LogP) is 1.85. The number of halogens is 1. The fourth-order valence-electron chi connectivity index (χ4n) is 2.01. The van der Waals surface area contributed by atoms with Crippen molar-refractivity contribution in [3.63, 3.8) is 0 Å². The van der Waals surface area contributed by atoms with Crippen LogP contribution >= 0.6 is 0 Å². The molecule has 1 aliphatic rings. The highest BCUT2D eigenvalue weighted by atomic mass is 19.1. The molecular formula is C13H18FNO2. The van der Waals surface area contributed by atoms with E-state index in [4.69, 9.17) is 9.47 Å². The zero-order valence-corrected chi connectivity index (χ0v) is 10.1. The normalized spacial score (nSPS) is 21.6. The third kappa shape index (κ3) is 3.49. The Kier molecular flexibility index (Phi) is 4.48. The van der Waals surface area contributed by atoms with E-state index in [0.717, 1.165) is 31.8 Å². The second-order valence-corrected chi connectivity index (χ2v) is 4.20. The Balaban J connectivity index is 1.94. The van der Waals surface area contributed by atoms with E-state index in [-0.39, 0.29) is 11.9 Å². The molecule has 0 radical (unpaired) electrons. The first kappa shape index (κ1) is 12.5. The summed E-state index contributed by atoms with van der Waals surface area (Å²) in [5.41, 5.74) is 1.04. The van der Waals surface area contributed by atoms with E-state index in [1.807, 2.05) is 0 Å². The molecule has 0 spiro atoms. The monoisotopic (exact) mass is 239 g/mol. The Labute approximate surface area is 101 Å². The molecule has 1 saturated heterocycles. The lowest BCUT2D eigenvalue weighted by molar-refractivity contribution is -0.0356. The number of morpholine rings is 1. The van der Waals surface area contributed by atoms with Crippen molar-refractivity contribution in [3.8, 4) is 0 Å². The minimum Gasteiger partial charge on any atom is -0.383 e. The second kappa shape index (κ2) is 6.10. The number of hydrogen-bond acceptors (Lipinski definition) is 3. The Morgan fingerprint density at radius 1 is 1.41 bits per heavy atom. The van der Waals surface area contributed by atoms with Crippen LogP contribution < -0.4 is 0 Å². The van der Waals surface area contributed by atoms with Gasteiger partial charge >= 0.3 is 0 Å². The van der Waals surface area contributed by atoms with E-state index < -0.39 is 0 Å². The Hall–Kier alpha value is -0.970. The van der Waals surface area contributed by atoms with Crippen molar-refractivity contribution >= 4 is 0 Å². The fraction of sp³-hybridized carbons (Fsp3) is 0.538. The van der Waals surface area contributed by atoms with Gasteiger partial charge in [-0.2, -0.15) is 0 Å². The van der Waals surface area contributed by atoms with E-state index in [1.54, 1.807) is 19.2 Å². The summed E-state index contributed by atoms with van der Waals surface area (Å²) < 4.78 is 23.6. The molecule has 2 rings (SSSR count). The van der Waals surface area contributed by atoms with Gasteiger partial charge in [0, 0.05) is 26.7 Å². The molecule has 0 amide bonds. The lowest BCUT2D eigenvalue weighted by Gasteiger charge is -2.32. The van der Waals surface area contributed by atoms with Crippen LogP contribution in [-0.4, -0.2) is 44.9 Å². The first-order valence-corrected chi connectivity index (χ1v) is 5.88. The molecule has 1 aromatic rings. The van der Waals surface area contributed by atoms with Crippen molar-refractivity contribution in [2.24, 2.45) is 0 Å². The number of hydrogen-bond donors (Lipinski definition) is 0. The molecule has 1 aliphatic heterocycles. The average Bonchev–Trinajstić information content (AvgIpc) is 2.37. The molecule has 0 aliphatic carbocycles. The molecule has 1 heterocycles. The number of methoxy groups -OCH3 is 1. The van der Waals surface area contributed by atoms with Crippen LogP contribution in [0.1, 0.15) is 11.7 Å². The zero-order valence-electron chi connectivity index (χ0n) is 10.1. The van der Waals surface area contributed by atoms with Crippen LogP contribution in [0.3, 0.4) is 0 Å². The minimum atomic E-state index is -0.208. The van der Waals surface area contributed by atoms with E-state index in [2.05, 4.69) is 4.90 Å². The summed E-state index contributed by atoms with van der Waals surface area (Å²) in [6, 6.07) is 6.54. The summed E-state index contributed by atoms with van der Waals surface area (Å²) in [4.78, 5) is 2.31. The molecule has 94 valence electrons. The Morgan fingerprint density at radius 2 is 2.18 bits per heavy atom. The molecule has 17 heavy (non-hydrogen) atoms. The SMILES string of the molecule is COCCN1CCOC(c2ccc(F)cc2)C1. The maximum Gasteiger partial charge on any atom is 0.123 e. The molecular weight excluding hydrogens is 221 g/mol. The van der Waals surface area contributed by atoms with Crippen molar-refractivity contribution in [3.05, 3.63) is 35.6 Å². The third-order valence-electron chi connectivity index (χ3n) is 3.00. The van der Waals surface area contributed by atoms with Crippen molar-refractivity contribution in [2.75, 3.05) is 40.0 Å². The van der Waals surface area contributed by atoms with Gasteiger partial charge in [-0.25, -0.2) is 4.39 Å². The number of ether oxygens (including phenoxy) is 2. The molecule has 3 nitrogen and oxygen atoms in total. The van der Waals surface area contributed by atoms with Gasteiger partial charge < -0.3 is 9.47 Å². The van der Waals surface area contributed by atoms with Crippen molar-refractivity contribution in [1.29, 1.82) is 0 Å². The Morgan fingerprint density at radius 3 is 2.88 bits per heavy atom. The molecule has 4 heteroatoms. The third-order valence-corrected chi connectivity index (χ3v) is 3.00. The molecule has 1 unspecified atom stereocenters. The van der Waals surface area contributed by atoms with E-state index in [9.17, 15) is 4.39 Å². The van der Waals surface area contributed by atoms with Crippen LogP contribution in [0.15, 0.2) is 24.3 Å². The molecule has 1 aromatic carbocycles. The molecule has 0 aromatic heterocycles. The summed E-state index contributed by atoms with van der Waals surface area (Å²) in [7, 11) is 1.71. The van der Waals surface area contributed by atoms with Crippen LogP contribution in [0.2, 0.25) is 0 Å². The van der Waals surface area contributed by atoms with Gasteiger partial charge in [0.2, 0.25) is 0 Å². The van der Waals surface area contributed by atoms with Gasteiger partial charge in [-0.3, -0.25) is 4.90 Å². The first-order chi connectivity index (χ1) is 8.29. The summed E-state index contributed by atoms with van der Waals surface area (Å²) in [5, 5.41) is 0. The van der Waals surface area contributed by atoms with Gasteiger partial charge in [0.25, 0.3) is 0 Å². The second-order valence-electron chi connectivity index (χ2n) is 4.20. The average molecular weight is 239 g/mol. The minimum absolute atomic E-state index is 0.0428. The van der Waals surface area contributed by atoms with Crippen LogP contribution in [0.5, 0.6) is 0 Å². The summed E-state index contributed by atoms with van der Waals surface area (Å²) in [6.45, 7) is 4.13. The van der Waals surface area contributed by atoms with E-state index >= 15 is 0 Å². The van der Waals surface area contributed by atoms with Crippen molar-refractivity contribution in [2.45, 2.75) is 6.10 Å². The number of nitrogens with zero attached hydrogens (tertiary/aromatic N) is 1. The number of benzene rings is 1. The molecule has 0 N–H and O–H groups in total. The molecule has 0 bridgehead atoms. The molecule has 1 atom stereocenters. The van der Waals surface area contributed by atoms with Crippen LogP contribution in [-0.2, 0) is 9.47 Å². The summed E-state index contributed by atoms with van der Waals surface area (Å²) in [5.74, 6) is -0.208. The van der Waals surface area contributed by atoms with Crippen molar-refractivity contribution in [1.82, 2.24) is 4.90 Å². The van der Waals surface area contributed by atoms with Crippen LogP contribution in [0.4, 0.5) is 4.39 Å². The van der Waals surface area contributed by atoms with Gasteiger partial charge in [0.05, 0.1) is 19.3 Å². The van der Waals surface area contributed by atoms with Gasteiger partial charge in [0.15, 0.2) is 0 Å². The smallest absolute Gasteiger partial charge is 0.123 e. The Bertz CT molecular complexity index is 342. The molecule has 1 fully saturated rings. The van der Waals surface area contributed by atoms with Gasteiger partial charge in [-0.1, -0.05) is 12.1 Å². The fourth-order valence-corrected chi connectivity index (χ4v) is 2.01. The van der Waals surface area contributed by atoms with Gasteiger partial charge in [-0.15, -0.1) is 0 Å². The standard InChI is InChI=1S/C13H18FNO2/c1-16-8-6-15-7-9-17-13(10-15)11-2-4-12(14)5-3-11/h2-5,13H,6-10H2,1H3. The first-order valence-electron chi connectivity index (χ1n) is 5.88. The maximum atomic E-state index is 12.8. The lowest BCUT2D eigenvalue weighted by Crippen LogP contribution is -2.40. The highest BCUT2D eigenvalue weighted by molar-refractivity contribution is 5.19. The summed E-state index contributed by atoms with van der Waals surface area (Å²) in [6.07, 6.45) is 0.0428. The van der Waals surface area contributed by atoms with Gasteiger partial charge in [0.1, 0.15) is 5.82 Å². The van der Waals surface area contributed by atoms with E-state index in [1.165, 1.54) is 12.1 Å². The highest BCUT2D eigenvalue weighted by Crippen LogP contribution is 2.22. The lowest BCUT2D eigenvalue weighted by atomic mass is 10.1. The number of rotatable bonds is 4. The van der Waals surface area contributed by atoms with E-state index in [0.29, 0.717) is 6.61 Å². The predicted molar refractivity (Wildman–Crippen MR) is 63.4 cm³/mol. The summed E-state index contributed by atoms with van der Waals surface area (Å²) >= 11 is 0. The topological polar surface area (TPSA) is 21.7 Å². The largest absolute Gasteiger partial charge is 0.383 e. The molecule has 0 saturated carbocycles. The van der Waals surface area contributed by atoms with Crippen LogP contribution in [0, 0.1) is 5.82 Å². The zero-order chi connectivity index (χ0) is 12.1. The van der Waals surface area contributed by atoms with Crippen LogP contribution in [0.25, 0.3) is 0 Å². The quantitative estimate of drug-likeness (QED) is 0.800. The van der Waals surface area contributed by atoms with Gasteiger partial charge in [-0.05, 0) is 17.7 Å². The van der Waals surface area contributed by atoms with Crippen molar-refractivity contribution < 1.29 is 13.9 Å².